The van der Waals surface area contributed by atoms with Gasteiger partial charge in [-0.15, -0.1) is 0 Å². The molecule has 1 heterocycles. The van der Waals surface area contributed by atoms with Crippen LogP contribution >= 0.6 is 0 Å². The van der Waals surface area contributed by atoms with Gasteiger partial charge in [0.15, 0.2) is 0 Å². The number of hydrogen-bond acceptors (Lipinski definition) is 4. The number of aryl methyl sites for hydroxylation is 2. The molecule has 0 aliphatic heterocycles. The number of carbonyl (C=O) groups excluding carboxylic acids is 1. The van der Waals surface area contributed by atoms with Gasteiger partial charge in [-0.05, 0) is 33.1 Å². The predicted octanol–water partition coefficient (Wildman–Crippen LogP) is 1.08. The SMILES string of the molecule is Cc1ncc(C(=O)N[C@@H]2CC[C@H](C(=O)O)C2)c(C)n1. The first kappa shape index (κ1) is 13.5. The number of carboxylic acid groups (broad SMARTS) is 1. The Morgan fingerprint density at radius 3 is 2.68 bits per heavy atom. The van der Waals surface area contributed by atoms with Crippen LogP contribution in [0.25, 0.3) is 0 Å². The minimum absolute atomic E-state index is 0.0747. The molecule has 1 aromatic rings. The minimum atomic E-state index is -0.786. The lowest BCUT2D eigenvalue weighted by Gasteiger charge is -2.13. The molecule has 1 amide bonds. The summed E-state index contributed by atoms with van der Waals surface area (Å²) in [6.45, 7) is 3.53. The third kappa shape index (κ3) is 3.07. The molecule has 1 aromatic heterocycles. The largest absolute Gasteiger partial charge is 0.481 e. The minimum Gasteiger partial charge on any atom is -0.481 e. The monoisotopic (exact) mass is 263 g/mol. The second-order valence-corrected chi connectivity index (χ2v) is 4.93. The molecule has 0 bridgehead atoms. The fourth-order valence-corrected chi connectivity index (χ4v) is 2.41. The van der Waals surface area contributed by atoms with E-state index in [9.17, 15) is 9.59 Å². The molecule has 2 rings (SSSR count). The van der Waals surface area contributed by atoms with Gasteiger partial charge in [0, 0.05) is 12.2 Å². The zero-order valence-electron chi connectivity index (χ0n) is 11.0. The average Bonchev–Trinajstić information content (AvgIpc) is 2.77. The van der Waals surface area contributed by atoms with E-state index in [2.05, 4.69) is 15.3 Å². The van der Waals surface area contributed by atoms with Gasteiger partial charge in [0.2, 0.25) is 0 Å². The van der Waals surface area contributed by atoms with Crippen molar-refractivity contribution in [3.63, 3.8) is 0 Å². The maximum Gasteiger partial charge on any atom is 0.306 e. The summed E-state index contributed by atoms with van der Waals surface area (Å²) < 4.78 is 0. The van der Waals surface area contributed by atoms with Gasteiger partial charge >= 0.3 is 5.97 Å². The Hall–Kier alpha value is -1.98. The predicted molar refractivity (Wildman–Crippen MR) is 67.7 cm³/mol. The van der Waals surface area contributed by atoms with Gasteiger partial charge in [-0.3, -0.25) is 9.59 Å². The van der Waals surface area contributed by atoms with Crippen LogP contribution in [0.15, 0.2) is 6.20 Å². The van der Waals surface area contributed by atoms with Crippen LogP contribution in [0.5, 0.6) is 0 Å². The van der Waals surface area contributed by atoms with Gasteiger partial charge in [0.05, 0.1) is 17.2 Å². The highest BCUT2D eigenvalue weighted by Gasteiger charge is 2.30. The number of carbonyl (C=O) groups is 2. The third-order valence-corrected chi connectivity index (χ3v) is 3.46. The summed E-state index contributed by atoms with van der Waals surface area (Å²) in [5.74, 6) is -0.735. The van der Waals surface area contributed by atoms with Crippen LogP contribution in [-0.2, 0) is 4.79 Å². The van der Waals surface area contributed by atoms with Gasteiger partial charge in [-0.25, -0.2) is 9.97 Å². The highest BCUT2D eigenvalue weighted by molar-refractivity contribution is 5.95. The summed E-state index contributed by atoms with van der Waals surface area (Å²) >= 11 is 0. The highest BCUT2D eigenvalue weighted by atomic mass is 16.4. The lowest BCUT2D eigenvalue weighted by molar-refractivity contribution is -0.141. The molecule has 1 aliphatic carbocycles. The molecule has 1 saturated carbocycles. The van der Waals surface area contributed by atoms with E-state index < -0.39 is 5.97 Å². The zero-order chi connectivity index (χ0) is 14.0. The Kier molecular flexibility index (Phi) is 3.78. The van der Waals surface area contributed by atoms with Gasteiger partial charge in [0.25, 0.3) is 5.91 Å². The Labute approximate surface area is 111 Å². The van der Waals surface area contributed by atoms with Crippen LogP contribution in [0.3, 0.4) is 0 Å². The van der Waals surface area contributed by atoms with E-state index in [0.29, 0.717) is 36.3 Å². The smallest absolute Gasteiger partial charge is 0.306 e. The van der Waals surface area contributed by atoms with Crippen LogP contribution < -0.4 is 5.32 Å². The lowest BCUT2D eigenvalue weighted by atomic mass is 10.1. The standard InChI is InChI=1S/C13H17N3O3/c1-7-11(6-14-8(2)15-7)12(17)16-10-4-3-9(5-10)13(18)19/h6,9-10H,3-5H2,1-2H3,(H,16,17)(H,18,19)/t9-,10+/m0/s1. The van der Waals surface area contributed by atoms with Crippen LogP contribution in [0.1, 0.15) is 41.1 Å². The summed E-state index contributed by atoms with van der Waals surface area (Å²) in [7, 11) is 0. The Morgan fingerprint density at radius 2 is 2.11 bits per heavy atom. The number of amides is 1. The molecule has 0 saturated heterocycles. The van der Waals surface area contributed by atoms with Gasteiger partial charge in [0.1, 0.15) is 5.82 Å². The molecule has 6 nitrogen and oxygen atoms in total. The van der Waals surface area contributed by atoms with E-state index in [0.717, 1.165) is 0 Å². The quantitative estimate of drug-likeness (QED) is 0.851. The van der Waals surface area contributed by atoms with Crippen LogP contribution in [-0.4, -0.2) is 33.0 Å². The van der Waals surface area contributed by atoms with Crippen molar-refractivity contribution >= 4 is 11.9 Å². The zero-order valence-corrected chi connectivity index (χ0v) is 11.0. The molecule has 2 atom stereocenters. The molecule has 0 radical (unpaired) electrons. The van der Waals surface area contributed by atoms with Gasteiger partial charge < -0.3 is 10.4 Å². The van der Waals surface area contributed by atoms with E-state index in [-0.39, 0.29) is 17.9 Å². The summed E-state index contributed by atoms with van der Waals surface area (Å²) in [4.78, 5) is 31.1. The van der Waals surface area contributed by atoms with Crippen molar-refractivity contribution in [1.82, 2.24) is 15.3 Å². The number of nitrogens with one attached hydrogen (secondary N) is 1. The van der Waals surface area contributed by atoms with Crippen molar-refractivity contribution in [2.24, 2.45) is 5.92 Å². The van der Waals surface area contributed by atoms with E-state index in [1.165, 1.54) is 6.20 Å². The fourth-order valence-electron chi connectivity index (χ4n) is 2.41. The molecular weight excluding hydrogens is 246 g/mol. The number of carboxylic acids is 1. The van der Waals surface area contributed by atoms with Crippen LogP contribution in [0, 0.1) is 19.8 Å². The molecular formula is C13H17N3O3. The second kappa shape index (κ2) is 5.34. The first-order valence-electron chi connectivity index (χ1n) is 6.31. The molecule has 1 aliphatic rings. The molecule has 1 fully saturated rings. The van der Waals surface area contributed by atoms with E-state index in [4.69, 9.17) is 5.11 Å². The molecule has 0 spiro atoms. The summed E-state index contributed by atoms with van der Waals surface area (Å²) in [5.41, 5.74) is 1.09. The number of aliphatic carboxylic acids is 1. The first-order chi connectivity index (χ1) is 8.97. The number of rotatable bonds is 3. The molecule has 0 aromatic carbocycles. The molecule has 2 N–H and O–H groups in total. The summed E-state index contributed by atoms with van der Waals surface area (Å²) in [6, 6.07) is -0.0747. The molecule has 6 heteroatoms. The normalized spacial score (nSPS) is 22.2. The molecule has 0 unspecified atom stereocenters. The molecule has 102 valence electrons. The van der Waals surface area contributed by atoms with E-state index in [1.54, 1.807) is 13.8 Å². The Morgan fingerprint density at radius 1 is 1.37 bits per heavy atom. The third-order valence-electron chi connectivity index (χ3n) is 3.46. The highest BCUT2D eigenvalue weighted by Crippen LogP contribution is 2.25. The average molecular weight is 263 g/mol. The lowest BCUT2D eigenvalue weighted by Crippen LogP contribution is -2.34. The maximum atomic E-state index is 12.1. The van der Waals surface area contributed by atoms with Crippen molar-refractivity contribution in [3.05, 3.63) is 23.3 Å². The number of hydrogen-bond donors (Lipinski definition) is 2. The Balaban J connectivity index is 2.00. The maximum absolute atomic E-state index is 12.1. The Bertz CT molecular complexity index is 516. The van der Waals surface area contributed by atoms with Crippen molar-refractivity contribution < 1.29 is 14.7 Å². The summed E-state index contributed by atoms with van der Waals surface area (Å²) in [5, 5.41) is 11.8. The van der Waals surface area contributed by atoms with Crippen molar-refractivity contribution in [3.8, 4) is 0 Å². The van der Waals surface area contributed by atoms with Gasteiger partial charge in [-0.1, -0.05) is 0 Å². The van der Waals surface area contributed by atoms with Crippen molar-refractivity contribution in [1.29, 1.82) is 0 Å². The van der Waals surface area contributed by atoms with E-state index in [1.807, 2.05) is 0 Å². The van der Waals surface area contributed by atoms with E-state index >= 15 is 0 Å². The van der Waals surface area contributed by atoms with Crippen molar-refractivity contribution in [2.45, 2.75) is 39.2 Å². The van der Waals surface area contributed by atoms with Crippen LogP contribution in [0.2, 0.25) is 0 Å². The number of aromatic nitrogens is 2. The summed E-state index contributed by atoms with van der Waals surface area (Å²) in [6.07, 6.45) is 3.32. The first-order valence-corrected chi connectivity index (χ1v) is 6.31. The van der Waals surface area contributed by atoms with Crippen LogP contribution in [0.4, 0.5) is 0 Å². The fraction of sp³-hybridized carbons (Fsp3) is 0.538. The topological polar surface area (TPSA) is 92.2 Å². The number of nitrogens with zero attached hydrogens (tertiary/aromatic N) is 2. The molecule has 19 heavy (non-hydrogen) atoms. The van der Waals surface area contributed by atoms with Gasteiger partial charge in [-0.2, -0.15) is 0 Å². The second-order valence-electron chi connectivity index (χ2n) is 4.93. The van der Waals surface area contributed by atoms with Crippen molar-refractivity contribution in [2.75, 3.05) is 0 Å².